The predicted octanol–water partition coefficient (Wildman–Crippen LogP) is 13.0. The van der Waals surface area contributed by atoms with Gasteiger partial charge in [0.1, 0.15) is 16.4 Å². The van der Waals surface area contributed by atoms with Crippen molar-refractivity contribution in [3.05, 3.63) is 149 Å². The van der Waals surface area contributed by atoms with Crippen molar-refractivity contribution >= 4 is 24.5 Å². The molecule has 0 atom stereocenters. The molecule has 308 valence electrons. The number of halogens is 13. The van der Waals surface area contributed by atoms with Crippen LogP contribution in [0.1, 0.15) is 22.3 Å². The van der Waals surface area contributed by atoms with E-state index in [1.165, 1.54) is 12.1 Å². The van der Waals surface area contributed by atoms with Crippen molar-refractivity contribution in [2.75, 3.05) is 0 Å². The Morgan fingerprint density at radius 2 is 0.690 bits per heavy atom. The fraction of sp³-hybridized carbons (Fsp3) is 0.118. The average Bonchev–Trinajstić information content (AvgIpc) is 3.10. The minimum atomic E-state index is -4.97. The SMILES string of the molecule is Fc1cccc(OP2N[P+](Oc3cccc(C(F)(F)F)c3)(Oc3cccc(C(F)(F)F)c3)N[P+](Oc3cccc(C(F)(F)F)c3)(Oc3cccc(C(F)(F)F)c3)N2)c1. The molecule has 0 spiro atoms. The average molecular weight is 893 g/mol. The molecular weight excluding hydrogens is 870 g/mol. The summed E-state index contributed by atoms with van der Waals surface area (Å²) in [5, 5.41) is 0. The van der Waals surface area contributed by atoms with Crippen molar-refractivity contribution in [1.82, 2.24) is 14.6 Å². The largest absolute Gasteiger partial charge is 0.567 e. The smallest absolute Gasteiger partial charge is 0.441 e. The van der Waals surface area contributed by atoms with E-state index in [0.717, 1.165) is 60.7 Å². The Bertz CT molecular complexity index is 1990. The van der Waals surface area contributed by atoms with Crippen LogP contribution in [0.4, 0.5) is 57.1 Å². The lowest BCUT2D eigenvalue weighted by Gasteiger charge is -2.34. The summed E-state index contributed by atoms with van der Waals surface area (Å²) in [7, 11) is -12.5. The van der Waals surface area contributed by atoms with Gasteiger partial charge in [-0.1, -0.05) is 30.3 Å². The van der Waals surface area contributed by atoms with Gasteiger partial charge in [-0.2, -0.15) is 52.7 Å². The third-order valence-electron chi connectivity index (χ3n) is 7.28. The third-order valence-corrected chi connectivity index (χ3v) is 15.2. The van der Waals surface area contributed by atoms with Crippen LogP contribution in [0.25, 0.3) is 0 Å². The molecule has 0 unspecified atom stereocenters. The molecule has 8 nitrogen and oxygen atoms in total. The number of rotatable bonds is 10. The Morgan fingerprint density at radius 3 is 0.983 bits per heavy atom. The zero-order chi connectivity index (χ0) is 42.1. The molecule has 5 aromatic carbocycles. The summed E-state index contributed by atoms with van der Waals surface area (Å²) in [6.45, 7) is 0. The van der Waals surface area contributed by atoms with Crippen LogP contribution in [-0.4, -0.2) is 0 Å². The lowest BCUT2D eigenvalue weighted by Crippen LogP contribution is -2.47. The minimum absolute atomic E-state index is 0.291. The summed E-state index contributed by atoms with van der Waals surface area (Å²) in [5.74, 6) is -3.84. The standard InChI is InChI=1S/C34H23F13N3O5P3/c35-25-10-5-11-26(20-25)51-56-48-57(52-27-12-1-6-21(16-27)31(36,37)38,53-28-13-2-7-22(17-28)32(39,40)41)50-58(49-56,54-29-14-3-8-23(18-29)33(42,43)44)55-30-15-4-9-24(19-30)34(45,46)47/h1-20,48-50H/q+2. The molecule has 58 heavy (non-hydrogen) atoms. The Kier molecular flexibility index (Phi) is 12.0. The number of alkyl halides is 12. The van der Waals surface area contributed by atoms with Crippen LogP contribution in [0, 0.1) is 5.82 Å². The van der Waals surface area contributed by atoms with Crippen LogP contribution in [0.3, 0.4) is 0 Å². The van der Waals surface area contributed by atoms with Crippen LogP contribution in [0.2, 0.25) is 0 Å². The molecule has 1 heterocycles. The lowest BCUT2D eigenvalue weighted by molar-refractivity contribution is -0.138. The number of hydrogen-bond donors (Lipinski definition) is 3. The van der Waals surface area contributed by atoms with Crippen molar-refractivity contribution in [1.29, 1.82) is 0 Å². The molecule has 0 bridgehead atoms. The maximum absolute atomic E-state index is 14.3. The maximum Gasteiger partial charge on any atom is 0.567 e. The van der Waals surface area contributed by atoms with Gasteiger partial charge in [-0.05, 0) is 94.6 Å². The summed E-state index contributed by atoms with van der Waals surface area (Å²) < 4.78 is 210. The van der Waals surface area contributed by atoms with Crippen molar-refractivity contribution in [3.8, 4) is 28.7 Å². The minimum Gasteiger partial charge on any atom is -0.441 e. The highest BCUT2D eigenvalue weighted by atomic mass is 31.3. The zero-order valence-corrected chi connectivity index (χ0v) is 31.0. The van der Waals surface area contributed by atoms with Crippen LogP contribution in [0.5, 0.6) is 28.7 Å². The van der Waals surface area contributed by atoms with Crippen LogP contribution in [-0.2, 0) is 24.7 Å². The second-order valence-electron chi connectivity index (χ2n) is 11.7. The van der Waals surface area contributed by atoms with Crippen molar-refractivity contribution in [3.63, 3.8) is 0 Å². The first kappa shape index (κ1) is 43.0. The molecule has 0 saturated carbocycles. The molecule has 0 aliphatic carbocycles. The Hall–Kier alpha value is -4.64. The molecule has 1 fully saturated rings. The van der Waals surface area contributed by atoms with E-state index in [4.69, 9.17) is 22.6 Å². The van der Waals surface area contributed by atoms with Gasteiger partial charge >= 0.3 is 49.2 Å². The second kappa shape index (κ2) is 16.2. The molecule has 0 radical (unpaired) electrons. The van der Waals surface area contributed by atoms with E-state index in [0.29, 0.717) is 48.5 Å². The molecule has 0 aromatic heterocycles. The highest BCUT2D eigenvalue weighted by Gasteiger charge is 2.73. The van der Waals surface area contributed by atoms with E-state index in [1.807, 2.05) is 0 Å². The van der Waals surface area contributed by atoms with Crippen molar-refractivity contribution in [2.24, 2.45) is 0 Å². The van der Waals surface area contributed by atoms with Gasteiger partial charge in [0.25, 0.3) is 0 Å². The summed E-state index contributed by atoms with van der Waals surface area (Å²) >= 11 is 0. The topological polar surface area (TPSA) is 82.2 Å². The van der Waals surface area contributed by atoms with Gasteiger partial charge in [-0.3, -0.25) is 18.1 Å². The summed E-state index contributed by atoms with van der Waals surface area (Å²) in [6, 6.07) is 16.3. The van der Waals surface area contributed by atoms with Crippen LogP contribution in [0.15, 0.2) is 121 Å². The van der Waals surface area contributed by atoms with Gasteiger partial charge in [-0.15, -0.1) is 0 Å². The van der Waals surface area contributed by atoms with Gasteiger partial charge in [0.05, 0.1) is 22.3 Å². The van der Waals surface area contributed by atoms with Crippen molar-refractivity contribution < 1.29 is 79.7 Å². The number of nitrogens with one attached hydrogen (secondary N) is 3. The normalized spacial score (nSPS) is 16.0. The molecule has 0 amide bonds. The summed E-state index contributed by atoms with van der Waals surface area (Å²) in [5.41, 5.74) is -5.12. The number of hydrogen-bond acceptors (Lipinski definition) is 8. The van der Waals surface area contributed by atoms with E-state index in [2.05, 4.69) is 14.6 Å². The molecule has 1 saturated heterocycles. The Balaban J connectivity index is 1.57. The van der Waals surface area contributed by atoms with E-state index in [1.54, 1.807) is 0 Å². The second-order valence-corrected chi connectivity index (χ2v) is 17.8. The van der Waals surface area contributed by atoms with E-state index in [-0.39, 0.29) is 5.75 Å². The Labute approximate surface area is 321 Å². The molecule has 24 heteroatoms. The molecule has 1 aliphatic rings. The molecule has 1 aliphatic heterocycles. The lowest BCUT2D eigenvalue weighted by atomic mass is 10.2. The van der Waals surface area contributed by atoms with Gasteiger partial charge in [0.2, 0.25) is 0 Å². The van der Waals surface area contributed by atoms with Crippen molar-refractivity contribution in [2.45, 2.75) is 24.7 Å². The van der Waals surface area contributed by atoms with Gasteiger partial charge in [-0.25, -0.2) is 4.39 Å². The maximum atomic E-state index is 14.3. The van der Waals surface area contributed by atoms with Gasteiger partial charge in [0.15, 0.2) is 23.0 Å². The third kappa shape index (κ3) is 10.9. The quantitative estimate of drug-likeness (QED) is 0.0945. The highest BCUT2D eigenvalue weighted by molar-refractivity contribution is 7.89. The molecule has 6 rings (SSSR count). The Morgan fingerprint density at radius 1 is 0.397 bits per heavy atom. The monoisotopic (exact) mass is 893 g/mol. The molecular formula is C34H23F13N3O5P3+2. The predicted molar refractivity (Wildman–Crippen MR) is 185 cm³/mol. The number of benzene rings is 5. The first-order valence-corrected chi connectivity index (χ1v) is 20.3. The fourth-order valence-corrected chi connectivity index (χ4v) is 13.6. The van der Waals surface area contributed by atoms with Gasteiger partial charge < -0.3 is 4.52 Å². The first-order valence-electron chi connectivity index (χ1n) is 15.8. The molecule has 5 aromatic rings. The van der Waals surface area contributed by atoms with E-state index in [9.17, 15) is 57.1 Å². The highest BCUT2D eigenvalue weighted by Crippen LogP contribution is 2.74. The summed E-state index contributed by atoms with van der Waals surface area (Å²) in [6.07, 6.45) is -19.9. The first-order chi connectivity index (χ1) is 27.0. The van der Waals surface area contributed by atoms with Gasteiger partial charge in [0, 0.05) is 6.07 Å². The van der Waals surface area contributed by atoms with E-state index >= 15 is 0 Å². The van der Waals surface area contributed by atoms with Crippen LogP contribution < -0.4 is 37.2 Å². The zero-order valence-electron chi connectivity index (χ0n) is 28.3. The molecule has 3 N–H and O–H groups in total. The van der Waals surface area contributed by atoms with E-state index < -0.39 is 100 Å². The fourth-order valence-electron chi connectivity index (χ4n) is 4.86. The van der Waals surface area contributed by atoms with Crippen LogP contribution >= 0.6 is 24.5 Å². The summed E-state index contributed by atoms with van der Waals surface area (Å²) in [4.78, 5) is 7.89.